The lowest BCUT2D eigenvalue weighted by molar-refractivity contribution is -0.137. The van der Waals surface area contributed by atoms with Crippen LogP contribution in [0.25, 0.3) is 21.8 Å². The summed E-state index contributed by atoms with van der Waals surface area (Å²) in [4.78, 5) is 15.9. The Bertz CT molecular complexity index is 1380. The van der Waals surface area contributed by atoms with Crippen LogP contribution in [0.5, 0.6) is 0 Å². The number of hydrogen-bond acceptors (Lipinski definition) is 3. The molecule has 4 heteroatoms. The first-order valence-electron chi connectivity index (χ1n) is 14.1. The first-order chi connectivity index (χ1) is 18.7. The van der Waals surface area contributed by atoms with Gasteiger partial charge in [-0.3, -0.25) is 4.99 Å². The molecule has 0 aliphatic carbocycles. The van der Waals surface area contributed by atoms with Gasteiger partial charge < -0.3 is 9.30 Å². The van der Waals surface area contributed by atoms with E-state index in [1.807, 2.05) is 6.21 Å². The normalized spacial score (nSPS) is 11.5. The topological polar surface area (TPSA) is 43.6 Å². The van der Waals surface area contributed by atoms with Crippen molar-refractivity contribution in [3.05, 3.63) is 90.5 Å². The molecule has 0 N–H and O–H groups in total. The summed E-state index contributed by atoms with van der Waals surface area (Å²) in [6.07, 6.45) is 15.1. The first-order valence-corrected chi connectivity index (χ1v) is 14.1. The first kappa shape index (κ1) is 27.4. The van der Waals surface area contributed by atoms with Gasteiger partial charge in [-0.05, 0) is 48.6 Å². The van der Waals surface area contributed by atoms with E-state index in [1.165, 1.54) is 78.4 Å². The standard InChI is InChI=1S/C34H40N2O2/c1-3-34(37)38-24-16-10-8-6-4-5-7-9-11-17-28-18-12-14-20-31(28)35-26-27-22-23-30-29-19-13-15-21-32(29)36(2)33(30)25-27/h3,12-15,18-23,25-26H,1,4-11,16-17,24H2,2H3. The number of aromatic nitrogens is 1. The number of aliphatic imine (C=N–C) groups is 1. The zero-order chi connectivity index (χ0) is 26.6. The number of fused-ring (bicyclic) bond motifs is 3. The van der Waals surface area contributed by atoms with Crippen molar-refractivity contribution >= 4 is 39.7 Å². The van der Waals surface area contributed by atoms with E-state index < -0.39 is 0 Å². The third-order valence-corrected chi connectivity index (χ3v) is 7.28. The molecule has 1 aromatic heterocycles. The summed E-state index contributed by atoms with van der Waals surface area (Å²) in [5.41, 5.74) is 6.01. The molecule has 38 heavy (non-hydrogen) atoms. The van der Waals surface area contributed by atoms with Gasteiger partial charge in [-0.25, -0.2) is 4.79 Å². The lowest BCUT2D eigenvalue weighted by Crippen LogP contribution is -2.01. The maximum atomic E-state index is 11.0. The summed E-state index contributed by atoms with van der Waals surface area (Å²) < 4.78 is 7.27. The van der Waals surface area contributed by atoms with Crippen LogP contribution in [0, 0.1) is 0 Å². The number of carbonyl (C=O) groups excluding carboxylic acids is 1. The van der Waals surface area contributed by atoms with Gasteiger partial charge in [-0.2, -0.15) is 0 Å². The van der Waals surface area contributed by atoms with Gasteiger partial charge >= 0.3 is 5.97 Å². The fourth-order valence-corrected chi connectivity index (χ4v) is 5.14. The Labute approximate surface area is 227 Å². The molecule has 0 radical (unpaired) electrons. The monoisotopic (exact) mass is 508 g/mol. The minimum atomic E-state index is -0.321. The second kappa shape index (κ2) is 14.3. The van der Waals surface area contributed by atoms with Crippen LogP contribution < -0.4 is 0 Å². The molecular formula is C34H40N2O2. The average Bonchev–Trinajstić information content (AvgIpc) is 3.24. The van der Waals surface area contributed by atoms with Crippen molar-refractivity contribution in [2.24, 2.45) is 12.0 Å². The number of benzene rings is 3. The van der Waals surface area contributed by atoms with Crippen molar-refractivity contribution in [1.29, 1.82) is 0 Å². The molecule has 0 unspecified atom stereocenters. The fourth-order valence-electron chi connectivity index (χ4n) is 5.14. The lowest BCUT2D eigenvalue weighted by atomic mass is 10.0. The summed E-state index contributed by atoms with van der Waals surface area (Å²) in [5, 5.41) is 2.58. The van der Waals surface area contributed by atoms with Crippen molar-refractivity contribution in [3.63, 3.8) is 0 Å². The predicted molar refractivity (Wildman–Crippen MR) is 161 cm³/mol. The summed E-state index contributed by atoms with van der Waals surface area (Å²) >= 11 is 0. The third-order valence-electron chi connectivity index (χ3n) is 7.28. The molecule has 4 aromatic rings. The van der Waals surface area contributed by atoms with E-state index in [9.17, 15) is 4.79 Å². The molecule has 0 aliphatic heterocycles. The minimum Gasteiger partial charge on any atom is -0.463 e. The summed E-state index contributed by atoms with van der Waals surface area (Å²) in [7, 11) is 2.13. The van der Waals surface area contributed by atoms with E-state index in [0.717, 1.165) is 30.5 Å². The summed E-state index contributed by atoms with van der Waals surface area (Å²) in [5.74, 6) is -0.321. The Hall–Kier alpha value is -3.66. The van der Waals surface area contributed by atoms with Gasteiger partial charge in [0, 0.05) is 41.1 Å². The zero-order valence-corrected chi connectivity index (χ0v) is 22.7. The number of aryl methyl sites for hydroxylation is 2. The Morgan fingerprint density at radius 1 is 0.816 bits per heavy atom. The smallest absolute Gasteiger partial charge is 0.330 e. The molecule has 1 heterocycles. The van der Waals surface area contributed by atoms with Gasteiger partial charge in [0.25, 0.3) is 0 Å². The molecule has 198 valence electrons. The second-order valence-corrected chi connectivity index (χ2v) is 10.0. The Morgan fingerprint density at radius 2 is 1.47 bits per heavy atom. The van der Waals surface area contributed by atoms with Crippen LogP contribution in [0.15, 0.2) is 84.4 Å². The van der Waals surface area contributed by atoms with E-state index in [2.05, 4.69) is 84.9 Å². The highest BCUT2D eigenvalue weighted by Gasteiger charge is 2.08. The van der Waals surface area contributed by atoms with Crippen molar-refractivity contribution in [2.45, 2.75) is 64.2 Å². The molecule has 0 aliphatic rings. The molecular weight excluding hydrogens is 468 g/mol. The summed E-state index contributed by atoms with van der Waals surface area (Å²) in [6.45, 7) is 3.92. The van der Waals surface area contributed by atoms with Crippen LogP contribution in [-0.4, -0.2) is 23.4 Å². The molecule has 0 bridgehead atoms. The zero-order valence-electron chi connectivity index (χ0n) is 22.7. The molecule has 3 aromatic carbocycles. The number of unbranched alkanes of at least 4 members (excludes halogenated alkanes) is 8. The number of esters is 1. The third kappa shape index (κ3) is 7.44. The number of rotatable bonds is 15. The van der Waals surface area contributed by atoms with Crippen LogP contribution in [0.3, 0.4) is 0 Å². The van der Waals surface area contributed by atoms with Gasteiger partial charge in [-0.1, -0.05) is 100 Å². The molecule has 0 saturated carbocycles. The average molecular weight is 509 g/mol. The van der Waals surface area contributed by atoms with E-state index in [1.54, 1.807) is 0 Å². The number of carbonyl (C=O) groups is 1. The van der Waals surface area contributed by atoms with Gasteiger partial charge in [0.2, 0.25) is 0 Å². The van der Waals surface area contributed by atoms with Crippen molar-refractivity contribution in [1.82, 2.24) is 4.57 Å². The van der Waals surface area contributed by atoms with E-state index >= 15 is 0 Å². The maximum absolute atomic E-state index is 11.0. The highest BCUT2D eigenvalue weighted by molar-refractivity contribution is 6.09. The predicted octanol–water partition coefficient (Wildman–Crippen LogP) is 8.86. The maximum Gasteiger partial charge on any atom is 0.330 e. The largest absolute Gasteiger partial charge is 0.463 e. The molecule has 0 saturated heterocycles. The Morgan fingerprint density at radius 3 is 2.26 bits per heavy atom. The highest BCUT2D eigenvalue weighted by atomic mass is 16.5. The number of para-hydroxylation sites is 2. The Kier molecular flexibility index (Phi) is 10.3. The van der Waals surface area contributed by atoms with Crippen LogP contribution in [0.4, 0.5) is 5.69 Å². The van der Waals surface area contributed by atoms with Crippen molar-refractivity contribution in [2.75, 3.05) is 6.61 Å². The fraction of sp³-hybridized carbons (Fsp3) is 0.353. The van der Waals surface area contributed by atoms with Gasteiger partial charge in [0.15, 0.2) is 0 Å². The molecule has 4 rings (SSSR count). The quantitative estimate of drug-likeness (QED) is 0.0696. The van der Waals surface area contributed by atoms with Crippen molar-refractivity contribution in [3.8, 4) is 0 Å². The minimum absolute atomic E-state index is 0.321. The molecule has 0 spiro atoms. The van der Waals surface area contributed by atoms with Crippen LogP contribution in [0.2, 0.25) is 0 Å². The second-order valence-electron chi connectivity index (χ2n) is 10.0. The molecule has 0 atom stereocenters. The lowest BCUT2D eigenvalue weighted by Gasteiger charge is -2.06. The van der Waals surface area contributed by atoms with Crippen molar-refractivity contribution < 1.29 is 9.53 Å². The SMILES string of the molecule is C=CC(=O)OCCCCCCCCCCCc1ccccc1N=Cc1ccc2c3ccccc3n(C)c2c1. The number of hydrogen-bond donors (Lipinski definition) is 0. The van der Waals surface area contributed by atoms with E-state index in [-0.39, 0.29) is 5.97 Å². The highest BCUT2D eigenvalue weighted by Crippen LogP contribution is 2.28. The molecule has 0 fully saturated rings. The summed E-state index contributed by atoms with van der Waals surface area (Å²) in [6, 6.07) is 23.7. The Balaban J connectivity index is 1.20. The van der Waals surface area contributed by atoms with Crippen LogP contribution in [-0.2, 0) is 23.0 Å². The van der Waals surface area contributed by atoms with Gasteiger partial charge in [0.05, 0.1) is 12.3 Å². The van der Waals surface area contributed by atoms with Gasteiger partial charge in [0.1, 0.15) is 0 Å². The van der Waals surface area contributed by atoms with E-state index in [4.69, 9.17) is 9.73 Å². The molecule has 0 amide bonds. The number of nitrogens with zero attached hydrogens (tertiary/aromatic N) is 2. The van der Waals surface area contributed by atoms with Crippen LogP contribution >= 0.6 is 0 Å². The number of ether oxygens (including phenoxy) is 1. The van der Waals surface area contributed by atoms with Gasteiger partial charge in [-0.15, -0.1) is 0 Å². The van der Waals surface area contributed by atoms with E-state index in [0.29, 0.717) is 6.61 Å². The molecule has 4 nitrogen and oxygen atoms in total. The van der Waals surface area contributed by atoms with Crippen LogP contribution in [0.1, 0.15) is 68.9 Å².